The lowest BCUT2D eigenvalue weighted by Gasteiger charge is -2.05. The molecule has 0 bridgehead atoms. The van der Waals surface area contributed by atoms with Crippen LogP contribution >= 0.6 is 0 Å². The van der Waals surface area contributed by atoms with E-state index in [1.54, 1.807) is 18.2 Å². The van der Waals surface area contributed by atoms with Crippen molar-refractivity contribution in [2.75, 3.05) is 17.7 Å². The van der Waals surface area contributed by atoms with Gasteiger partial charge in [-0.1, -0.05) is 0 Å². The lowest BCUT2D eigenvalue weighted by molar-refractivity contribution is -0.110. The number of amides is 1. The van der Waals surface area contributed by atoms with E-state index in [1.165, 1.54) is 37.6 Å². The average Bonchev–Trinajstić information content (AvgIpc) is 2.93. The molecule has 9 heteroatoms. The van der Waals surface area contributed by atoms with Gasteiger partial charge in [-0.3, -0.25) is 4.79 Å². The van der Waals surface area contributed by atoms with Gasteiger partial charge >= 0.3 is 5.97 Å². The number of anilines is 2. The van der Waals surface area contributed by atoms with Gasteiger partial charge in [0.2, 0.25) is 10.0 Å². The summed E-state index contributed by atoms with van der Waals surface area (Å²) in [5.74, 6) is -0.825. The molecule has 0 saturated heterocycles. The molecule has 1 amide bonds. The summed E-state index contributed by atoms with van der Waals surface area (Å²) in [6.45, 7) is 0. The van der Waals surface area contributed by atoms with Gasteiger partial charge in [-0.15, -0.1) is 0 Å². The summed E-state index contributed by atoms with van der Waals surface area (Å²) >= 11 is 0. The van der Waals surface area contributed by atoms with Crippen molar-refractivity contribution in [2.24, 2.45) is 5.14 Å². The van der Waals surface area contributed by atoms with Gasteiger partial charge in [0.1, 0.15) is 0 Å². The highest BCUT2D eigenvalue weighted by Crippen LogP contribution is 2.32. The van der Waals surface area contributed by atoms with Crippen LogP contribution in [0.3, 0.4) is 0 Å². The van der Waals surface area contributed by atoms with E-state index >= 15 is 0 Å². The first-order valence-electron chi connectivity index (χ1n) is 7.43. The van der Waals surface area contributed by atoms with Crippen LogP contribution in [0.4, 0.5) is 11.4 Å². The van der Waals surface area contributed by atoms with Crippen LogP contribution in [0.5, 0.6) is 0 Å². The van der Waals surface area contributed by atoms with E-state index in [-0.39, 0.29) is 10.8 Å². The van der Waals surface area contributed by atoms with Crippen LogP contribution < -0.4 is 15.8 Å². The number of carbonyl (C=O) groups excluding carboxylic acids is 2. The number of ether oxygens (including phenoxy) is 1. The number of esters is 1. The average molecular weight is 373 g/mol. The number of hydrogen-bond acceptors (Lipinski definition) is 6. The third kappa shape index (κ3) is 3.44. The Hall–Kier alpha value is -3.17. The number of nitrogens with two attached hydrogens (primary N) is 1. The van der Waals surface area contributed by atoms with E-state index < -0.39 is 16.0 Å². The minimum Gasteiger partial charge on any atom is -0.465 e. The molecule has 0 radical (unpaired) electrons. The summed E-state index contributed by atoms with van der Waals surface area (Å²) in [5.41, 5.74) is 2.37. The second-order valence-electron chi connectivity index (χ2n) is 5.48. The van der Waals surface area contributed by atoms with Crippen LogP contribution in [0.1, 0.15) is 15.9 Å². The molecule has 2 aromatic carbocycles. The van der Waals surface area contributed by atoms with Gasteiger partial charge in [0, 0.05) is 23.1 Å². The molecule has 1 aliphatic heterocycles. The van der Waals surface area contributed by atoms with E-state index in [0.717, 1.165) is 0 Å². The molecule has 26 heavy (non-hydrogen) atoms. The van der Waals surface area contributed by atoms with E-state index in [0.29, 0.717) is 28.1 Å². The van der Waals surface area contributed by atoms with Gasteiger partial charge in [0.25, 0.3) is 5.91 Å². The second kappa shape index (κ2) is 6.62. The molecule has 0 unspecified atom stereocenters. The first-order valence-corrected chi connectivity index (χ1v) is 8.98. The summed E-state index contributed by atoms with van der Waals surface area (Å²) in [6.07, 6.45) is 1.48. The van der Waals surface area contributed by atoms with Crippen molar-refractivity contribution < 1.29 is 22.7 Å². The SMILES string of the molecule is COC(=O)c1ccc2c(c1)/C(=C/Nc1ccc(S(N)(=O)=O)cc1)C(=O)N2. The number of benzene rings is 2. The predicted octanol–water partition coefficient (Wildman–Crippen LogP) is 1.53. The summed E-state index contributed by atoms with van der Waals surface area (Å²) in [7, 11) is -2.49. The van der Waals surface area contributed by atoms with Crippen molar-refractivity contribution in [3.05, 3.63) is 59.8 Å². The first kappa shape index (κ1) is 17.6. The third-order valence-corrected chi connectivity index (χ3v) is 4.72. The first-order chi connectivity index (χ1) is 12.3. The Bertz CT molecular complexity index is 1030. The molecule has 0 saturated carbocycles. The van der Waals surface area contributed by atoms with Crippen molar-refractivity contribution >= 4 is 38.8 Å². The molecule has 4 N–H and O–H groups in total. The van der Waals surface area contributed by atoms with Gasteiger partial charge in [0.05, 0.1) is 23.1 Å². The largest absolute Gasteiger partial charge is 0.465 e. The molecule has 0 spiro atoms. The fourth-order valence-corrected chi connectivity index (χ4v) is 2.99. The predicted molar refractivity (Wildman–Crippen MR) is 95.8 cm³/mol. The summed E-state index contributed by atoms with van der Waals surface area (Å²) in [4.78, 5) is 23.8. The number of primary sulfonamides is 1. The fourth-order valence-electron chi connectivity index (χ4n) is 2.47. The topological polar surface area (TPSA) is 128 Å². The Morgan fingerprint density at radius 2 is 1.88 bits per heavy atom. The quantitative estimate of drug-likeness (QED) is 0.551. The Kier molecular flexibility index (Phi) is 4.49. The Balaban J connectivity index is 1.88. The number of carbonyl (C=O) groups is 2. The number of sulfonamides is 1. The number of methoxy groups -OCH3 is 1. The standard InChI is InChI=1S/C17H15N3O5S/c1-25-17(22)10-2-7-15-13(8-10)14(16(21)20-15)9-19-11-3-5-12(6-4-11)26(18,23)24/h2-9,19H,1H3,(H,20,21)(H2,18,23,24)/b14-9-. The van der Waals surface area contributed by atoms with E-state index in [2.05, 4.69) is 15.4 Å². The molecule has 0 fully saturated rings. The number of nitrogens with one attached hydrogen (secondary N) is 2. The zero-order valence-electron chi connectivity index (χ0n) is 13.6. The number of fused-ring (bicyclic) bond motifs is 1. The highest BCUT2D eigenvalue weighted by molar-refractivity contribution is 7.89. The minimum absolute atomic E-state index is 0.0117. The molecule has 1 aliphatic rings. The fraction of sp³-hybridized carbons (Fsp3) is 0.0588. The molecule has 1 heterocycles. The highest BCUT2D eigenvalue weighted by atomic mass is 32.2. The third-order valence-electron chi connectivity index (χ3n) is 3.79. The van der Waals surface area contributed by atoms with Crippen molar-refractivity contribution in [1.29, 1.82) is 0 Å². The van der Waals surface area contributed by atoms with Crippen molar-refractivity contribution in [1.82, 2.24) is 0 Å². The Labute approximate surface area is 149 Å². The molecular formula is C17H15N3O5S. The zero-order chi connectivity index (χ0) is 18.9. The van der Waals surface area contributed by atoms with E-state index in [4.69, 9.17) is 5.14 Å². The van der Waals surface area contributed by atoms with Crippen LogP contribution in [-0.4, -0.2) is 27.4 Å². The smallest absolute Gasteiger partial charge is 0.337 e. The maximum atomic E-state index is 12.2. The summed E-state index contributed by atoms with van der Waals surface area (Å²) < 4.78 is 27.2. The maximum absolute atomic E-state index is 12.2. The normalized spacial score (nSPS) is 14.7. The molecular weight excluding hydrogens is 358 g/mol. The van der Waals surface area contributed by atoms with Crippen molar-refractivity contribution in [2.45, 2.75) is 4.90 Å². The van der Waals surface area contributed by atoms with E-state index in [9.17, 15) is 18.0 Å². The lowest BCUT2D eigenvalue weighted by atomic mass is 10.0. The monoisotopic (exact) mass is 373 g/mol. The molecule has 134 valence electrons. The highest BCUT2D eigenvalue weighted by Gasteiger charge is 2.25. The van der Waals surface area contributed by atoms with Crippen LogP contribution in [0.25, 0.3) is 5.57 Å². The van der Waals surface area contributed by atoms with Crippen LogP contribution in [0, 0.1) is 0 Å². The van der Waals surface area contributed by atoms with Gasteiger partial charge in [0.15, 0.2) is 0 Å². The minimum atomic E-state index is -3.77. The van der Waals surface area contributed by atoms with Gasteiger partial charge in [-0.2, -0.15) is 0 Å². The van der Waals surface area contributed by atoms with Crippen LogP contribution in [-0.2, 0) is 19.6 Å². The van der Waals surface area contributed by atoms with Crippen molar-refractivity contribution in [3.63, 3.8) is 0 Å². The summed E-state index contributed by atoms with van der Waals surface area (Å²) in [5, 5.41) is 10.7. The maximum Gasteiger partial charge on any atom is 0.337 e. The van der Waals surface area contributed by atoms with E-state index in [1.807, 2.05) is 0 Å². The molecule has 8 nitrogen and oxygen atoms in total. The van der Waals surface area contributed by atoms with Crippen LogP contribution in [0.15, 0.2) is 53.6 Å². The number of hydrogen-bond donors (Lipinski definition) is 3. The molecule has 0 aliphatic carbocycles. The Morgan fingerprint density at radius 3 is 2.50 bits per heavy atom. The number of rotatable bonds is 4. The Morgan fingerprint density at radius 1 is 1.19 bits per heavy atom. The molecule has 0 aromatic heterocycles. The molecule has 0 atom stereocenters. The summed E-state index contributed by atoms with van der Waals surface area (Å²) in [6, 6.07) is 10.5. The van der Waals surface area contributed by atoms with Gasteiger partial charge < -0.3 is 15.4 Å². The molecule has 3 rings (SSSR count). The van der Waals surface area contributed by atoms with Crippen molar-refractivity contribution in [3.8, 4) is 0 Å². The van der Waals surface area contributed by atoms with Gasteiger partial charge in [-0.05, 0) is 42.5 Å². The van der Waals surface area contributed by atoms with Crippen LogP contribution in [0.2, 0.25) is 0 Å². The lowest BCUT2D eigenvalue weighted by Crippen LogP contribution is -2.11. The second-order valence-corrected chi connectivity index (χ2v) is 7.04. The van der Waals surface area contributed by atoms with Gasteiger partial charge in [-0.25, -0.2) is 18.4 Å². The molecule has 2 aromatic rings. The zero-order valence-corrected chi connectivity index (χ0v) is 14.5.